The Morgan fingerprint density at radius 2 is 1.55 bits per heavy atom. The van der Waals surface area contributed by atoms with Crippen LogP contribution in [0.15, 0.2) is 102 Å². The molecule has 164 valence electrons. The average Bonchev–Trinajstić information content (AvgIpc) is 2.84. The lowest BCUT2D eigenvalue weighted by Crippen LogP contribution is -2.15. The van der Waals surface area contributed by atoms with Crippen LogP contribution >= 0.6 is 0 Å². The van der Waals surface area contributed by atoms with E-state index in [0.29, 0.717) is 5.92 Å². The fourth-order valence-corrected chi connectivity index (χ4v) is 4.05. The minimum absolute atomic E-state index is 0.611. The fourth-order valence-electron chi connectivity index (χ4n) is 4.05. The van der Waals surface area contributed by atoms with Crippen molar-refractivity contribution in [3.05, 3.63) is 102 Å². The highest BCUT2D eigenvalue weighted by atomic mass is 15.0. The van der Waals surface area contributed by atoms with Gasteiger partial charge in [0.25, 0.3) is 0 Å². The van der Waals surface area contributed by atoms with Gasteiger partial charge >= 0.3 is 0 Å². The van der Waals surface area contributed by atoms with E-state index < -0.39 is 0 Å². The molecule has 0 radical (unpaired) electrons. The molecule has 0 aromatic heterocycles. The van der Waals surface area contributed by atoms with Crippen molar-refractivity contribution in [1.82, 2.24) is 9.55 Å². The summed E-state index contributed by atoms with van der Waals surface area (Å²) in [4.78, 5) is 10.0. The van der Waals surface area contributed by atoms with E-state index in [2.05, 4.69) is 90.5 Å². The molecule has 0 amide bonds. The van der Waals surface area contributed by atoms with Crippen LogP contribution < -0.4 is 10.7 Å². The van der Waals surface area contributed by atoms with Gasteiger partial charge in [0.1, 0.15) is 0 Å². The summed E-state index contributed by atoms with van der Waals surface area (Å²) in [7, 11) is 0. The fraction of sp³-hybridized carbons (Fsp3) is 0.172. The predicted molar refractivity (Wildman–Crippen MR) is 137 cm³/mol. The van der Waals surface area contributed by atoms with E-state index in [1.807, 2.05) is 30.3 Å². The van der Waals surface area contributed by atoms with Gasteiger partial charge < -0.3 is 9.88 Å². The molecule has 2 aliphatic rings. The largest absolute Gasteiger partial charge is 0.354 e. The summed E-state index contributed by atoms with van der Waals surface area (Å²) in [6.45, 7) is 5.26. The first-order valence-corrected chi connectivity index (χ1v) is 11.5. The number of hydrogen-bond acceptors (Lipinski definition) is 3. The standard InChI is InChI=1S/C29H28N4/c1-21(2)17-18-30-25-20-29-27(19-26(25)31-22-11-5-3-6-12-22)32-24-15-9-10-16-28(24)33(29)23-13-7-4-8-14-23/h3-16,19-21,31H,17-18H2,1-2H3. The summed E-state index contributed by atoms with van der Waals surface area (Å²) in [6.07, 6.45) is 1.05. The van der Waals surface area contributed by atoms with Gasteiger partial charge in [-0.05, 0) is 60.9 Å². The molecule has 1 N–H and O–H groups in total. The number of anilines is 2. The van der Waals surface area contributed by atoms with E-state index in [-0.39, 0.29) is 0 Å². The Morgan fingerprint density at radius 1 is 0.848 bits per heavy atom. The van der Waals surface area contributed by atoms with Gasteiger partial charge in [0.2, 0.25) is 0 Å². The summed E-state index contributed by atoms with van der Waals surface area (Å²) < 4.78 is 2.28. The number of nitrogens with zero attached hydrogens (tertiary/aromatic N) is 3. The molecule has 0 unspecified atom stereocenters. The lowest BCUT2D eigenvalue weighted by molar-refractivity contribution is 0.593. The monoisotopic (exact) mass is 432 g/mol. The highest BCUT2D eigenvalue weighted by Crippen LogP contribution is 2.30. The summed E-state index contributed by atoms with van der Waals surface area (Å²) in [5.74, 6) is 0.611. The molecule has 0 bridgehead atoms. The maximum absolute atomic E-state index is 5.01. The SMILES string of the molecule is CC(C)CCN=c1cc2n(-c3ccccc3)c3ccccc3nc-2cc1Nc1ccccc1. The first-order valence-electron chi connectivity index (χ1n) is 11.5. The van der Waals surface area contributed by atoms with E-state index in [4.69, 9.17) is 9.98 Å². The topological polar surface area (TPSA) is 42.2 Å². The molecule has 0 atom stereocenters. The number of para-hydroxylation sites is 4. The van der Waals surface area contributed by atoms with Crippen LogP contribution in [-0.2, 0) is 0 Å². The third kappa shape index (κ3) is 4.51. The van der Waals surface area contributed by atoms with Crippen LogP contribution in [0.4, 0.5) is 11.4 Å². The average molecular weight is 433 g/mol. The van der Waals surface area contributed by atoms with E-state index in [9.17, 15) is 0 Å². The van der Waals surface area contributed by atoms with Gasteiger partial charge in [-0.2, -0.15) is 0 Å². The number of nitrogens with one attached hydrogen (secondary N) is 1. The summed E-state index contributed by atoms with van der Waals surface area (Å²) >= 11 is 0. The van der Waals surface area contributed by atoms with Crippen LogP contribution in [-0.4, -0.2) is 16.1 Å². The van der Waals surface area contributed by atoms with E-state index in [1.165, 1.54) is 0 Å². The molecule has 5 rings (SSSR count). The van der Waals surface area contributed by atoms with Crippen molar-refractivity contribution in [3.8, 4) is 17.1 Å². The van der Waals surface area contributed by atoms with Crippen molar-refractivity contribution in [1.29, 1.82) is 0 Å². The van der Waals surface area contributed by atoms with E-state index in [0.717, 1.165) is 57.8 Å². The quantitative estimate of drug-likeness (QED) is 0.299. The van der Waals surface area contributed by atoms with Gasteiger partial charge in [-0.25, -0.2) is 4.98 Å². The molecular formula is C29H28N4. The van der Waals surface area contributed by atoms with Crippen molar-refractivity contribution in [2.45, 2.75) is 20.3 Å². The molecule has 3 aromatic rings. The minimum atomic E-state index is 0.611. The molecule has 4 heteroatoms. The highest BCUT2D eigenvalue weighted by molar-refractivity contribution is 5.84. The second-order valence-corrected chi connectivity index (χ2v) is 8.68. The first-order chi connectivity index (χ1) is 16.2. The molecule has 4 nitrogen and oxygen atoms in total. The van der Waals surface area contributed by atoms with Crippen LogP contribution in [0.25, 0.3) is 28.1 Å². The molecule has 1 aliphatic carbocycles. The molecule has 1 aliphatic heterocycles. The predicted octanol–water partition coefficient (Wildman–Crippen LogP) is 6.82. The van der Waals surface area contributed by atoms with Crippen molar-refractivity contribution in [3.63, 3.8) is 0 Å². The first kappa shape index (κ1) is 21.0. The van der Waals surface area contributed by atoms with Crippen LogP contribution in [0.5, 0.6) is 0 Å². The number of fused-ring (bicyclic) bond motifs is 2. The molecule has 0 saturated carbocycles. The highest BCUT2D eigenvalue weighted by Gasteiger charge is 2.16. The number of benzene rings is 4. The maximum Gasteiger partial charge on any atom is 0.0900 e. The Kier molecular flexibility index (Phi) is 5.90. The Hall–Kier alpha value is -3.92. The van der Waals surface area contributed by atoms with Gasteiger partial charge in [-0.3, -0.25) is 4.99 Å². The molecular weight excluding hydrogens is 404 g/mol. The number of rotatable bonds is 6. The van der Waals surface area contributed by atoms with Crippen LogP contribution in [0.1, 0.15) is 20.3 Å². The van der Waals surface area contributed by atoms with Crippen LogP contribution in [0.2, 0.25) is 0 Å². The van der Waals surface area contributed by atoms with Crippen molar-refractivity contribution < 1.29 is 0 Å². The van der Waals surface area contributed by atoms with Crippen LogP contribution in [0, 0.1) is 5.92 Å². The van der Waals surface area contributed by atoms with Crippen molar-refractivity contribution in [2.75, 3.05) is 11.9 Å². The normalized spacial score (nSPS) is 12.0. The molecule has 0 spiro atoms. The summed E-state index contributed by atoms with van der Waals surface area (Å²) in [5, 5.41) is 4.52. The van der Waals surface area contributed by atoms with Crippen molar-refractivity contribution in [2.24, 2.45) is 10.9 Å². The Labute approximate surface area is 194 Å². The number of hydrogen-bond donors (Lipinski definition) is 1. The number of aromatic nitrogens is 2. The van der Waals surface area contributed by atoms with Crippen molar-refractivity contribution >= 4 is 22.4 Å². The molecule has 33 heavy (non-hydrogen) atoms. The maximum atomic E-state index is 5.01. The van der Waals surface area contributed by atoms with Crippen LogP contribution in [0.3, 0.4) is 0 Å². The summed E-state index contributed by atoms with van der Waals surface area (Å²) in [6, 6.07) is 33.3. The molecule has 0 fully saturated rings. The Balaban J connectivity index is 1.77. The second kappa shape index (κ2) is 9.29. The zero-order valence-corrected chi connectivity index (χ0v) is 19.1. The lowest BCUT2D eigenvalue weighted by Gasteiger charge is -2.20. The lowest BCUT2D eigenvalue weighted by atomic mass is 10.1. The Bertz CT molecular complexity index is 1400. The zero-order chi connectivity index (χ0) is 22.6. The molecule has 3 aromatic carbocycles. The smallest absolute Gasteiger partial charge is 0.0900 e. The van der Waals surface area contributed by atoms with Gasteiger partial charge in [0, 0.05) is 17.9 Å². The minimum Gasteiger partial charge on any atom is -0.354 e. The Morgan fingerprint density at radius 3 is 2.30 bits per heavy atom. The second-order valence-electron chi connectivity index (χ2n) is 8.68. The van der Waals surface area contributed by atoms with E-state index in [1.54, 1.807) is 0 Å². The van der Waals surface area contributed by atoms with Gasteiger partial charge in [0.15, 0.2) is 0 Å². The van der Waals surface area contributed by atoms with E-state index >= 15 is 0 Å². The molecule has 1 heterocycles. The van der Waals surface area contributed by atoms with Gasteiger partial charge in [-0.1, -0.05) is 62.4 Å². The summed E-state index contributed by atoms with van der Waals surface area (Å²) in [5.41, 5.74) is 7.13. The molecule has 0 saturated heterocycles. The zero-order valence-electron chi connectivity index (χ0n) is 19.1. The third-order valence-electron chi connectivity index (χ3n) is 5.75. The third-order valence-corrected chi connectivity index (χ3v) is 5.75. The van der Waals surface area contributed by atoms with Gasteiger partial charge in [0.05, 0.1) is 33.5 Å². The van der Waals surface area contributed by atoms with Gasteiger partial charge in [-0.15, -0.1) is 0 Å².